The first-order chi connectivity index (χ1) is 20.8. The maximum absolute atomic E-state index is 13.6. The zero-order valence-electron chi connectivity index (χ0n) is 22.4. The Morgan fingerprint density at radius 1 is 1.02 bits per heavy atom. The Morgan fingerprint density at radius 2 is 1.77 bits per heavy atom. The first-order valence-corrected chi connectivity index (χ1v) is 14.4. The molecule has 0 amide bonds. The molecule has 10 nitrogen and oxygen atoms in total. The molecule has 43 heavy (non-hydrogen) atoms. The van der Waals surface area contributed by atoms with Gasteiger partial charge in [-0.2, -0.15) is 9.78 Å². The molecule has 0 bridgehead atoms. The molecule has 0 radical (unpaired) electrons. The number of furan rings is 1. The van der Waals surface area contributed by atoms with Crippen LogP contribution < -0.4 is 15.0 Å². The Balaban J connectivity index is 1.38. The lowest BCUT2D eigenvalue weighted by Gasteiger charge is -2.15. The number of benzene rings is 4. The molecule has 2 heterocycles. The van der Waals surface area contributed by atoms with Crippen molar-refractivity contribution in [3.05, 3.63) is 125 Å². The topological polar surface area (TPSA) is 122 Å². The molecule has 0 saturated heterocycles. The molecule has 4 aromatic carbocycles. The van der Waals surface area contributed by atoms with Crippen molar-refractivity contribution in [3.8, 4) is 23.1 Å². The van der Waals surface area contributed by atoms with E-state index in [-0.39, 0.29) is 23.7 Å². The van der Waals surface area contributed by atoms with E-state index in [1.165, 1.54) is 30.1 Å². The number of fused-ring (bicyclic) bond motifs is 2. The fourth-order valence-electron chi connectivity index (χ4n) is 4.46. The highest BCUT2D eigenvalue weighted by molar-refractivity contribution is 9.13. The maximum atomic E-state index is 13.6. The van der Waals surface area contributed by atoms with Gasteiger partial charge in [-0.15, -0.1) is 0 Å². The molecule has 12 heteroatoms. The number of aromatic nitrogens is 2. The van der Waals surface area contributed by atoms with Gasteiger partial charge in [-0.3, -0.25) is 14.9 Å². The predicted octanol–water partition coefficient (Wildman–Crippen LogP) is 7.71. The third-order valence-electron chi connectivity index (χ3n) is 6.62. The number of hydrogen-bond acceptors (Lipinski definition) is 8. The van der Waals surface area contributed by atoms with Crippen LogP contribution in [0.25, 0.3) is 33.5 Å². The number of para-hydroxylation sites is 2. The van der Waals surface area contributed by atoms with Crippen molar-refractivity contribution >= 4 is 65.6 Å². The van der Waals surface area contributed by atoms with Gasteiger partial charge < -0.3 is 13.9 Å². The normalized spacial score (nSPS) is 11.4. The monoisotopic (exact) mass is 702 g/mol. The van der Waals surface area contributed by atoms with E-state index in [9.17, 15) is 14.9 Å². The van der Waals surface area contributed by atoms with Crippen LogP contribution in [-0.4, -0.2) is 27.9 Å². The first kappa shape index (κ1) is 28.3. The van der Waals surface area contributed by atoms with Crippen molar-refractivity contribution in [2.75, 3.05) is 7.11 Å². The fourth-order valence-corrected chi connectivity index (χ4v) is 5.39. The number of nitrogens with zero attached hydrogens (tertiary/aromatic N) is 4. The van der Waals surface area contributed by atoms with Gasteiger partial charge in [0.2, 0.25) is 5.82 Å². The molecule has 6 rings (SSSR count). The van der Waals surface area contributed by atoms with Gasteiger partial charge in [0.15, 0.2) is 17.3 Å². The van der Waals surface area contributed by atoms with Crippen LogP contribution in [0.5, 0.6) is 11.5 Å². The molecule has 0 fully saturated rings. The van der Waals surface area contributed by atoms with E-state index in [2.05, 4.69) is 37.0 Å². The van der Waals surface area contributed by atoms with Crippen LogP contribution in [0, 0.1) is 10.1 Å². The van der Waals surface area contributed by atoms with Gasteiger partial charge in [0.25, 0.3) is 11.2 Å². The number of halogens is 2. The van der Waals surface area contributed by atoms with Gasteiger partial charge in [0.1, 0.15) is 12.2 Å². The van der Waals surface area contributed by atoms with E-state index >= 15 is 0 Å². The SMILES string of the molecule is COc1cc(C=Nn2c(-c3cc4ccccc4o3)nc3ccccc3c2=O)c(Br)c(Br)c1OCc1ccc([N+](=O)[O-])cc1. The number of ether oxygens (including phenoxy) is 2. The summed E-state index contributed by atoms with van der Waals surface area (Å²) in [6.45, 7) is 0.145. The summed E-state index contributed by atoms with van der Waals surface area (Å²) in [5, 5.41) is 16.8. The van der Waals surface area contributed by atoms with Crippen LogP contribution in [0.1, 0.15) is 11.1 Å². The smallest absolute Gasteiger partial charge is 0.282 e. The average Bonchev–Trinajstić information content (AvgIpc) is 3.46. The van der Waals surface area contributed by atoms with Crippen LogP contribution in [0.4, 0.5) is 5.69 Å². The molecule has 0 atom stereocenters. The largest absolute Gasteiger partial charge is 0.493 e. The van der Waals surface area contributed by atoms with Gasteiger partial charge in [-0.25, -0.2) is 4.98 Å². The second-order valence-corrected chi connectivity index (χ2v) is 10.9. The van der Waals surface area contributed by atoms with E-state index in [4.69, 9.17) is 18.9 Å². The molecule has 0 aliphatic heterocycles. The third-order valence-corrected chi connectivity index (χ3v) is 8.76. The highest BCUT2D eigenvalue weighted by Gasteiger charge is 2.19. The average molecular weight is 704 g/mol. The van der Waals surface area contributed by atoms with Crippen LogP contribution in [0.3, 0.4) is 0 Å². The van der Waals surface area contributed by atoms with Crippen molar-refractivity contribution in [1.82, 2.24) is 9.66 Å². The molecular formula is C31H20Br2N4O6. The number of rotatable bonds is 8. The van der Waals surface area contributed by atoms with Crippen molar-refractivity contribution in [1.29, 1.82) is 0 Å². The van der Waals surface area contributed by atoms with Crippen LogP contribution in [0.15, 0.2) is 108 Å². The molecule has 2 aromatic heterocycles. The number of non-ortho nitro benzene ring substituents is 1. The minimum Gasteiger partial charge on any atom is -0.493 e. The van der Waals surface area contributed by atoms with E-state index in [1.54, 1.807) is 36.4 Å². The highest BCUT2D eigenvalue weighted by Crippen LogP contribution is 2.42. The van der Waals surface area contributed by atoms with Crippen molar-refractivity contribution in [3.63, 3.8) is 0 Å². The van der Waals surface area contributed by atoms with E-state index in [0.29, 0.717) is 48.3 Å². The number of nitro groups is 1. The summed E-state index contributed by atoms with van der Waals surface area (Å²) in [6, 6.07) is 24.2. The van der Waals surface area contributed by atoms with E-state index in [1.807, 2.05) is 36.4 Å². The van der Waals surface area contributed by atoms with Crippen LogP contribution in [0.2, 0.25) is 0 Å². The summed E-state index contributed by atoms with van der Waals surface area (Å²) in [4.78, 5) is 28.8. The Kier molecular flexibility index (Phi) is 7.78. The maximum Gasteiger partial charge on any atom is 0.282 e. The van der Waals surface area contributed by atoms with Crippen molar-refractivity contribution in [2.24, 2.45) is 5.10 Å². The van der Waals surface area contributed by atoms with Crippen LogP contribution in [-0.2, 0) is 6.61 Å². The summed E-state index contributed by atoms with van der Waals surface area (Å²) in [5.41, 5.74) is 2.15. The van der Waals surface area contributed by atoms with E-state index in [0.717, 1.165) is 10.9 Å². The minimum absolute atomic E-state index is 0.00176. The Bertz CT molecular complexity index is 2070. The molecule has 0 spiro atoms. The first-order valence-electron chi connectivity index (χ1n) is 12.8. The fraction of sp³-hybridized carbons (Fsp3) is 0.0645. The molecule has 0 aliphatic rings. The summed E-state index contributed by atoms with van der Waals surface area (Å²) in [7, 11) is 1.51. The Morgan fingerprint density at radius 3 is 2.51 bits per heavy atom. The van der Waals surface area contributed by atoms with Crippen molar-refractivity contribution in [2.45, 2.75) is 6.61 Å². The van der Waals surface area contributed by atoms with Gasteiger partial charge in [-0.1, -0.05) is 30.3 Å². The zero-order chi connectivity index (χ0) is 30.1. The molecule has 0 saturated carbocycles. The summed E-state index contributed by atoms with van der Waals surface area (Å²) in [6.07, 6.45) is 1.52. The standard InChI is InChI=1S/C31H20Br2N4O6/c1-41-25-15-20(27(32)28(33)29(25)42-17-18-10-12-21(13-11-18)37(39)40)16-34-36-30(26-14-19-6-2-5-9-24(19)43-26)35-23-8-4-3-7-22(23)31(36)38/h2-16H,17H2,1H3. The lowest BCUT2D eigenvalue weighted by Crippen LogP contribution is -2.20. The summed E-state index contributed by atoms with van der Waals surface area (Å²) < 4.78 is 20.0. The Hall–Kier alpha value is -4.81. The number of methoxy groups -OCH3 is 1. The Labute approximate surface area is 260 Å². The molecule has 6 aromatic rings. The third kappa shape index (κ3) is 5.54. The summed E-state index contributed by atoms with van der Waals surface area (Å²) >= 11 is 7.17. The molecule has 214 valence electrons. The second kappa shape index (κ2) is 11.8. The molecule has 0 unspecified atom stereocenters. The zero-order valence-corrected chi connectivity index (χ0v) is 25.5. The minimum atomic E-state index is -0.455. The molecule has 0 N–H and O–H groups in total. The predicted molar refractivity (Wildman–Crippen MR) is 170 cm³/mol. The van der Waals surface area contributed by atoms with E-state index < -0.39 is 4.92 Å². The van der Waals surface area contributed by atoms with Gasteiger partial charge in [0, 0.05) is 27.6 Å². The number of nitro benzene ring substituents is 1. The highest BCUT2D eigenvalue weighted by atomic mass is 79.9. The lowest BCUT2D eigenvalue weighted by molar-refractivity contribution is -0.384. The van der Waals surface area contributed by atoms with Gasteiger partial charge in [0.05, 0.1) is 33.6 Å². The van der Waals surface area contributed by atoms with Crippen molar-refractivity contribution < 1.29 is 18.8 Å². The van der Waals surface area contributed by atoms with Gasteiger partial charge in [-0.05, 0) is 79.9 Å². The summed E-state index contributed by atoms with van der Waals surface area (Å²) in [5.74, 6) is 1.47. The van der Waals surface area contributed by atoms with Crippen LogP contribution >= 0.6 is 31.9 Å². The second-order valence-electron chi connectivity index (χ2n) is 9.30. The molecule has 0 aliphatic carbocycles. The quantitative estimate of drug-likeness (QED) is 0.0904. The number of hydrogen-bond donors (Lipinski definition) is 0. The lowest BCUT2D eigenvalue weighted by atomic mass is 10.2. The van der Waals surface area contributed by atoms with Gasteiger partial charge >= 0.3 is 0 Å². The molecular weight excluding hydrogens is 684 g/mol.